The minimum absolute atomic E-state index is 0.0787. The van der Waals surface area contributed by atoms with Crippen LogP contribution in [0.4, 0.5) is 0 Å². The van der Waals surface area contributed by atoms with Crippen LogP contribution >= 0.6 is 0 Å². The standard InChI is InChI=1S/C31H37N3O5/c1-5-6-7-17-39-25-12-11-23(19-26(25)38-4)28-27(29(35)24-18-21(2)9-10-22(24)3)30(36)31(37)34(28)15-8-14-33-16-13-32-20-33/h9-13,16,18-20,28,35H,5-8,14-15,17H2,1-4H3. The summed E-state index contributed by atoms with van der Waals surface area (Å²) in [4.78, 5) is 32.4. The SMILES string of the molecule is CCCCCOc1ccc(C2C(=C(O)c3cc(C)ccc3C)C(=O)C(=O)N2CCCn2ccnc2)cc1OC. The van der Waals surface area contributed by atoms with Gasteiger partial charge in [-0.3, -0.25) is 9.59 Å². The Hall–Kier alpha value is -4.07. The minimum atomic E-state index is -0.768. The van der Waals surface area contributed by atoms with Crippen LogP contribution in [0.5, 0.6) is 11.5 Å². The fourth-order valence-corrected chi connectivity index (χ4v) is 4.94. The molecule has 1 saturated heterocycles. The van der Waals surface area contributed by atoms with Gasteiger partial charge in [-0.25, -0.2) is 4.98 Å². The number of carbonyl (C=O) groups is 2. The van der Waals surface area contributed by atoms with E-state index in [2.05, 4.69) is 11.9 Å². The third-order valence-corrected chi connectivity index (χ3v) is 7.07. The van der Waals surface area contributed by atoms with E-state index < -0.39 is 17.7 Å². The van der Waals surface area contributed by atoms with Gasteiger partial charge in [0.15, 0.2) is 11.5 Å². The highest BCUT2D eigenvalue weighted by Gasteiger charge is 2.46. The second kappa shape index (κ2) is 12.7. The molecule has 8 heteroatoms. The highest BCUT2D eigenvalue weighted by molar-refractivity contribution is 6.46. The van der Waals surface area contributed by atoms with Gasteiger partial charge in [-0.2, -0.15) is 0 Å². The molecule has 0 spiro atoms. The molecule has 0 radical (unpaired) electrons. The van der Waals surface area contributed by atoms with Gasteiger partial charge < -0.3 is 24.0 Å². The van der Waals surface area contributed by atoms with Crippen molar-refractivity contribution in [2.24, 2.45) is 0 Å². The number of aromatic nitrogens is 2. The van der Waals surface area contributed by atoms with Crippen LogP contribution in [0, 0.1) is 13.8 Å². The van der Waals surface area contributed by atoms with Crippen LogP contribution in [0.2, 0.25) is 0 Å². The van der Waals surface area contributed by atoms with Gasteiger partial charge in [-0.15, -0.1) is 0 Å². The topological polar surface area (TPSA) is 93.9 Å². The first-order chi connectivity index (χ1) is 18.8. The van der Waals surface area contributed by atoms with Gasteiger partial charge in [0, 0.05) is 31.0 Å². The predicted molar refractivity (Wildman–Crippen MR) is 150 cm³/mol. The number of imidazole rings is 1. The van der Waals surface area contributed by atoms with E-state index in [9.17, 15) is 14.7 Å². The Kier molecular flexibility index (Phi) is 9.07. The molecular formula is C31H37N3O5. The highest BCUT2D eigenvalue weighted by atomic mass is 16.5. The summed E-state index contributed by atoms with van der Waals surface area (Å²) in [5.74, 6) is -0.379. The van der Waals surface area contributed by atoms with Crippen molar-refractivity contribution in [3.8, 4) is 11.5 Å². The van der Waals surface area contributed by atoms with Crippen molar-refractivity contribution in [1.82, 2.24) is 14.5 Å². The summed E-state index contributed by atoms with van der Waals surface area (Å²) in [6, 6.07) is 10.4. The number of unbranched alkanes of at least 4 members (excludes halogenated alkanes) is 2. The fourth-order valence-electron chi connectivity index (χ4n) is 4.94. The van der Waals surface area contributed by atoms with E-state index in [1.807, 2.05) is 54.9 Å². The maximum Gasteiger partial charge on any atom is 0.295 e. The summed E-state index contributed by atoms with van der Waals surface area (Å²) in [7, 11) is 1.57. The zero-order valence-electron chi connectivity index (χ0n) is 23.1. The molecular weight excluding hydrogens is 494 g/mol. The molecule has 206 valence electrons. The van der Waals surface area contributed by atoms with Crippen molar-refractivity contribution >= 4 is 17.4 Å². The molecule has 2 aromatic carbocycles. The maximum atomic E-state index is 13.4. The van der Waals surface area contributed by atoms with Gasteiger partial charge in [0.05, 0.1) is 31.7 Å². The van der Waals surface area contributed by atoms with Crippen molar-refractivity contribution in [2.45, 2.75) is 59.0 Å². The van der Waals surface area contributed by atoms with E-state index in [0.717, 1.165) is 30.4 Å². The van der Waals surface area contributed by atoms with Crippen molar-refractivity contribution in [1.29, 1.82) is 0 Å². The molecule has 1 atom stereocenters. The van der Waals surface area contributed by atoms with Crippen LogP contribution in [0.1, 0.15) is 60.9 Å². The van der Waals surface area contributed by atoms with E-state index in [-0.39, 0.29) is 11.3 Å². The average molecular weight is 532 g/mol. The summed E-state index contributed by atoms with van der Waals surface area (Å²) in [6.45, 7) is 7.47. The molecule has 1 aromatic heterocycles. The number of aliphatic hydroxyl groups excluding tert-OH is 1. The number of amides is 1. The normalized spacial score (nSPS) is 16.6. The lowest BCUT2D eigenvalue weighted by Gasteiger charge is -2.26. The number of nitrogens with zero attached hydrogens (tertiary/aromatic N) is 3. The number of likely N-dealkylation sites (tertiary alicyclic amines) is 1. The molecule has 0 saturated carbocycles. The van der Waals surface area contributed by atoms with Crippen molar-refractivity contribution in [2.75, 3.05) is 20.3 Å². The van der Waals surface area contributed by atoms with E-state index in [1.165, 1.54) is 0 Å². The molecule has 1 unspecified atom stereocenters. The van der Waals surface area contributed by atoms with Crippen LogP contribution in [-0.2, 0) is 16.1 Å². The Labute approximate surface area is 229 Å². The van der Waals surface area contributed by atoms with Crippen LogP contribution in [0.25, 0.3) is 5.76 Å². The second-order valence-electron chi connectivity index (χ2n) is 9.93. The quantitative estimate of drug-likeness (QED) is 0.142. The summed E-state index contributed by atoms with van der Waals surface area (Å²) in [5, 5.41) is 11.5. The van der Waals surface area contributed by atoms with Crippen molar-refractivity contribution in [3.05, 3.63) is 82.9 Å². The summed E-state index contributed by atoms with van der Waals surface area (Å²) in [5.41, 5.74) is 3.05. The van der Waals surface area contributed by atoms with Gasteiger partial charge in [-0.05, 0) is 56.0 Å². The molecule has 39 heavy (non-hydrogen) atoms. The summed E-state index contributed by atoms with van der Waals surface area (Å²) >= 11 is 0. The molecule has 1 amide bonds. The zero-order chi connectivity index (χ0) is 27.9. The number of carbonyl (C=O) groups excluding carboxylic acids is 2. The van der Waals surface area contributed by atoms with E-state index in [1.54, 1.807) is 30.6 Å². The first kappa shape index (κ1) is 28.0. The second-order valence-corrected chi connectivity index (χ2v) is 9.93. The monoisotopic (exact) mass is 531 g/mol. The van der Waals surface area contributed by atoms with Gasteiger partial charge in [0.1, 0.15) is 5.76 Å². The molecule has 1 fully saturated rings. The lowest BCUT2D eigenvalue weighted by molar-refractivity contribution is -0.139. The van der Waals surface area contributed by atoms with E-state index >= 15 is 0 Å². The molecule has 0 aliphatic carbocycles. The van der Waals surface area contributed by atoms with E-state index in [0.29, 0.717) is 48.7 Å². The van der Waals surface area contributed by atoms with Gasteiger partial charge in [0.2, 0.25) is 0 Å². The Morgan fingerprint density at radius 2 is 1.85 bits per heavy atom. The number of hydrogen-bond acceptors (Lipinski definition) is 6. The molecule has 3 aromatic rings. The Bertz CT molecular complexity index is 1350. The van der Waals surface area contributed by atoms with Crippen LogP contribution in [0.15, 0.2) is 60.7 Å². The van der Waals surface area contributed by atoms with Crippen LogP contribution < -0.4 is 9.47 Å². The number of Topliss-reactive ketones (excluding diaryl/α,β-unsaturated/α-hetero) is 1. The number of ketones is 1. The third kappa shape index (κ3) is 6.16. The lowest BCUT2D eigenvalue weighted by Crippen LogP contribution is -2.31. The molecule has 0 bridgehead atoms. The Morgan fingerprint density at radius 3 is 2.56 bits per heavy atom. The Balaban J connectivity index is 1.74. The molecule has 8 nitrogen and oxygen atoms in total. The highest BCUT2D eigenvalue weighted by Crippen LogP contribution is 2.42. The average Bonchev–Trinajstić information content (AvgIpc) is 3.54. The van der Waals surface area contributed by atoms with Crippen LogP contribution in [-0.4, -0.2) is 51.5 Å². The van der Waals surface area contributed by atoms with Gasteiger partial charge >= 0.3 is 0 Å². The van der Waals surface area contributed by atoms with Crippen LogP contribution in [0.3, 0.4) is 0 Å². The molecule has 1 aliphatic heterocycles. The van der Waals surface area contributed by atoms with E-state index in [4.69, 9.17) is 9.47 Å². The number of ether oxygens (including phenoxy) is 2. The smallest absolute Gasteiger partial charge is 0.295 e. The van der Waals surface area contributed by atoms with Crippen molar-refractivity contribution < 1.29 is 24.2 Å². The molecule has 1 N–H and O–H groups in total. The number of methoxy groups -OCH3 is 1. The Morgan fingerprint density at radius 1 is 1.03 bits per heavy atom. The number of hydrogen-bond donors (Lipinski definition) is 1. The maximum absolute atomic E-state index is 13.4. The molecule has 2 heterocycles. The fraction of sp³-hybridized carbons (Fsp3) is 0.387. The molecule has 4 rings (SSSR count). The lowest BCUT2D eigenvalue weighted by atomic mass is 9.93. The number of benzene rings is 2. The first-order valence-corrected chi connectivity index (χ1v) is 13.5. The van der Waals surface area contributed by atoms with Crippen molar-refractivity contribution in [3.63, 3.8) is 0 Å². The largest absolute Gasteiger partial charge is 0.507 e. The number of aliphatic hydroxyl groups is 1. The van der Waals surface area contributed by atoms with Gasteiger partial charge in [0.25, 0.3) is 11.7 Å². The third-order valence-electron chi connectivity index (χ3n) is 7.07. The number of aryl methyl sites for hydroxylation is 3. The summed E-state index contributed by atoms with van der Waals surface area (Å²) in [6.07, 6.45) is 9.00. The predicted octanol–water partition coefficient (Wildman–Crippen LogP) is 5.59. The number of rotatable bonds is 12. The first-order valence-electron chi connectivity index (χ1n) is 13.5. The molecule has 1 aliphatic rings. The zero-order valence-corrected chi connectivity index (χ0v) is 23.1. The summed E-state index contributed by atoms with van der Waals surface area (Å²) < 4.78 is 13.5. The van der Waals surface area contributed by atoms with Gasteiger partial charge in [-0.1, -0.05) is 43.5 Å². The minimum Gasteiger partial charge on any atom is -0.507 e.